The van der Waals surface area contributed by atoms with Gasteiger partial charge in [-0.25, -0.2) is 0 Å². The van der Waals surface area contributed by atoms with Gasteiger partial charge < -0.3 is 20.3 Å². The van der Waals surface area contributed by atoms with Crippen molar-refractivity contribution < 1.29 is 14.3 Å². The molecule has 6 nitrogen and oxygen atoms in total. The van der Waals surface area contributed by atoms with Crippen LogP contribution in [0.25, 0.3) is 0 Å². The van der Waals surface area contributed by atoms with Crippen LogP contribution in [0.2, 0.25) is 0 Å². The molecule has 0 aromatic heterocycles. The van der Waals surface area contributed by atoms with Gasteiger partial charge in [-0.05, 0) is 26.7 Å². The minimum atomic E-state index is -0.527. The highest BCUT2D eigenvalue weighted by atomic mass is 16.5. The summed E-state index contributed by atoms with van der Waals surface area (Å²) in [5.41, 5.74) is 5.12. The molecule has 2 rings (SSSR count). The van der Waals surface area contributed by atoms with Crippen LogP contribution in [0, 0.1) is 5.41 Å². The molecule has 2 heterocycles. The third-order valence-corrected chi connectivity index (χ3v) is 4.17. The Labute approximate surface area is 120 Å². The Hall–Kier alpha value is -1.14. The maximum atomic E-state index is 12.3. The average molecular weight is 283 g/mol. The van der Waals surface area contributed by atoms with E-state index < -0.39 is 5.41 Å². The van der Waals surface area contributed by atoms with E-state index in [9.17, 15) is 9.59 Å². The van der Waals surface area contributed by atoms with E-state index in [2.05, 4.69) is 0 Å². The molecule has 0 aliphatic carbocycles. The standard InChI is InChI=1S/C14H25N3O3/c1-14(2,10-15)13(19)17-7-5-16(6-8-17)12(18)11-4-3-9-20-11/h11H,3-10,15H2,1-2H3. The summed E-state index contributed by atoms with van der Waals surface area (Å²) >= 11 is 0. The summed E-state index contributed by atoms with van der Waals surface area (Å²) in [4.78, 5) is 28.1. The lowest BCUT2D eigenvalue weighted by atomic mass is 9.91. The number of carbonyl (C=O) groups excluding carboxylic acids is 2. The van der Waals surface area contributed by atoms with Crippen molar-refractivity contribution in [1.29, 1.82) is 0 Å². The van der Waals surface area contributed by atoms with Gasteiger partial charge in [0.1, 0.15) is 6.10 Å². The molecule has 2 amide bonds. The predicted octanol–water partition coefficient (Wildman–Crippen LogP) is -0.179. The molecule has 2 fully saturated rings. The van der Waals surface area contributed by atoms with Crippen molar-refractivity contribution in [2.75, 3.05) is 39.3 Å². The largest absolute Gasteiger partial charge is 0.368 e. The molecule has 0 radical (unpaired) electrons. The summed E-state index contributed by atoms with van der Waals surface area (Å²) in [5, 5.41) is 0. The Bertz CT molecular complexity index is 370. The van der Waals surface area contributed by atoms with Crippen LogP contribution in [0.4, 0.5) is 0 Å². The molecule has 2 saturated heterocycles. The van der Waals surface area contributed by atoms with Gasteiger partial charge in [0.05, 0.1) is 5.41 Å². The predicted molar refractivity (Wildman–Crippen MR) is 75.0 cm³/mol. The zero-order valence-electron chi connectivity index (χ0n) is 12.4. The van der Waals surface area contributed by atoms with Crippen molar-refractivity contribution in [1.82, 2.24) is 9.80 Å². The topological polar surface area (TPSA) is 75.9 Å². The Morgan fingerprint density at radius 3 is 2.30 bits per heavy atom. The van der Waals surface area contributed by atoms with Crippen LogP contribution >= 0.6 is 0 Å². The second kappa shape index (κ2) is 6.10. The number of nitrogens with two attached hydrogens (primary N) is 1. The number of piperazine rings is 1. The smallest absolute Gasteiger partial charge is 0.251 e. The molecule has 2 aliphatic heterocycles. The first-order valence-corrected chi connectivity index (χ1v) is 7.35. The van der Waals surface area contributed by atoms with Crippen LogP contribution in [-0.2, 0) is 14.3 Å². The van der Waals surface area contributed by atoms with Gasteiger partial charge in [-0.2, -0.15) is 0 Å². The molecule has 1 atom stereocenters. The van der Waals surface area contributed by atoms with E-state index in [1.165, 1.54) is 0 Å². The second-order valence-electron chi connectivity index (χ2n) is 6.21. The maximum absolute atomic E-state index is 12.3. The van der Waals surface area contributed by atoms with Crippen LogP contribution in [0.1, 0.15) is 26.7 Å². The molecule has 1 unspecified atom stereocenters. The summed E-state index contributed by atoms with van der Waals surface area (Å²) in [6.45, 7) is 7.08. The molecule has 0 saturated carbocycles. The first-order valence-electron chi connectivity index (χ1n) is 7.35. The maximum Gasteiger partial charge on any atom is 0.251 e. The fourth-order valence-corrected chi connectivity index (χ4v) is 2.62. The highest BCUT2D eigenvalue weighted by Gasteiger charge is 2.35. The SMILES string of the molecule is CC(C)(CN)C(=O)N1CCN(C(=O)C2CCCO2)CC1. The molecular weight excluding hydrogens is 258 g/mol. The Morgan fingerprint density at radius 1 is 1.20 bits per heavy atom. The van der Waals surface area contributed by atoms with Gasteiger partial charge in [0.2, 0.25) is 5.91 Å². The van der Waals surface area contributed by atoms with Gasteiger partial charge in [0.15, 0.2) is 0 Å². The van der Waals surface area contributed by atoms with E-state index in [1.807, 2.05) is 23.6 Å². The Balaban J connectivity index is 1.86. The second-order valence-corrected chi connectivity index (χ2v) is 6.21. The number of carbonyl (C=O) groups is 2. The first-order chi connectivity index (χ1) is 9.45. The van der Waals surface area contributed by atoms with Gasteiger partial charge in [0, 0.05) is 39.3 Å². The van der Waals surface area contributed by atoms with Crippen molar-refractivity contribution >= 4 is 11.8 Å². The lowest BCUT2D eigenvalue weighted by Gasteiger charge is -2.38. The van der Waals surface area contributed by atoms with Crippen molar-refractivity contribution in [2.24, 2.45) is 11.1 Å². The Morgan fingerprint density at radius 2 is 1.80 bits per heavy atom. The summed E-state index contributed by atoms with van der Waals surface area (Å²) in [7, 11) is 0. The van der Waals surface area contributed by atoms with Crippen LogP contribution < -0.4 is 5.73 Å². The van der Waals surface area contributed by atoms with E-state index in [1.54, 1.807) is 0 Å². The third kappa shape index (κ3) is 3.12. The van der Waals surface area contributed by atoms with E-state index in [4.69, 9.17) is 10.5 Å². The third-order valence-electron chi connectivity index (χ3n) is 4.17. The molecule has 2 aliphatic rings. The number of ether oxygens (including phenoxy) is 1. The molecule has 6 heteroatoms. The number of amides is 2. The highest BCUT2D eigenvalue weighted by molar-refractivity contribution is 5.83. The monoisotopic (exact) mass is 283 g/mol. The van der Waals surface area contributed by atoms with Crippen molar-refractivity contribution in [3.8, 4) is 0 Å². The number of nitrogens with zero attached hydrogens (tertiary/aromatic N) is 2. The van der Waals surface area contributed by atoms with Crippen LogP contribution in [-0.4, -0.2) is 67.0 Å². The molecule has 0 aromatic rings. The molecule has 114 valence electrons. The minimum absolute atomic E-state index is 0.0733. The van der Waals surface area contributed by atoms with E-state index in [-0.39, 0.29) is 17.9 Å². The summed E-state index contributed by atoms with van der Waals surface area (Å²) in [6, 6.07) is 0. The number of hydrogen-bond donors (Lipinski definition) is 1. The fourth-order valence-electron chi connectivity index (χ4n) is 2.62. The zero-order valence-corrected chi connectivity index (χ0v) is 12.4. The number of rotatable bonds is 3. The van der Waals surface area contributed by atoms with Gasteiger partial charge in [0.25, 0.3) is 5.91 Å². The molecule has 20 heavy (non-hydrogen) atoms. The quantitative estimate of drug-likeness (QED) is 0.779. The highest BCUT2D eigenvalue weighted by Crippen LogP contribution is 2.20. The fraction of sp³-hybridized carbons (Fsp3) is 0.857. The van der Waals surface area contributed by atoms with E-state index >= 15 is 0 Å². The molecule has 0 aromatic carbocycles. The van der Waals surface area contributed by atoms with Crippen molar-refractivity contribution in [3.05, 3.63) is 0 Å². The molecule has 2 N–H and O–H groups in total. The Kier molecular flexibility index (Phi) is 4.65. The lowest BCUT2D eigenvalue weighted by molar-refractivity contribution is -0.149. The van der Waals surface area contributed by atoms with Crippen molar-refractivity contribution in [3.63, 3.8) is 0 Å². The van der Waals surface area contributed by atoms with Crippen molar-refractivity contribution in [2.45, 2.75) is 32.8 Å². The first kappa shape index (κ1) is 15.3. The van der Waals surface area contributed by atoms with E-state index in [0.717, 1.165) is 12.8 Å². The van der Waals surface area contributed by atoms with Crippen LogP contribution in [0.3, 0.4) is 0 Å². The van der Waals surface area contributed by atoms with Gasteiger partial charge in [-0.1, -0.05) is 0 Å². The van der Waals surface area contributed by atoms with Crippen LogP contribution in [0.5, 0.6) is 0 Å². The molecule has 0 spiro atoms. The minimum Gasteiger partial charge on any atom is -0.368 e. The number of hydrogen-bond acceptors (Lipinski definition) is 4. The summed E-state index contributed by atoms with van der Waals surface area (Å²) in [6.07, 6.45) is 1.51. The van der Waals surface area contributed by atoms with Gasteiger partial charge >= 0.3 is 0 Å². The lowest BCUT2D eigenvalue weighted by Crippen LogP contribution is -2.55. The summed E-state index contributed by atoms with van der Waals surface area (Å²) < 4.78 is 5.43. The van der Waals surface area contributed by atoms with E-state index in [0.29, 0.717) is 39.3 Å². The van der Waals surface area contributed by atoms with Gasteiger partial charge in [-0.15, -0.1) is 0 Å². The van der Waals surface area contributed by atoms with Gasteiger partial charge in [-0.3, -0.25) is 9.59 Å². The molecule has 0 bridgehead atoms. The molecular formula is C14H25N3O3. The zero-order chi connectivity index (χ0) is 14.8. The normalized spacial score (nSPS) is 24.1. The average Bonchev–Trinajstić information content (AvgIpc) is 3.00. The van der Waals surface area contributed by atoms with Crippen LogP contribution in [0.15, 0.2) is 0 Å². The summed E-state index contributed by atoms with van der Waals surface area (Å²) in [5.74, 6) is 0.150.